The third kappa shape index (κ3) is 8.47. The van der Waals surface area contributed by atoms with Crippen LogP contribution in [0.1, 0.15) is 83.9 Å². The van der Waals surface area contributed by atoms with E-state index < -0.39 is 0 Å². The van der Waals surface area contributed by atoms with E-state index in [0.29, 0.717) is 0 Å². The van der Waals surface area contributed by atoms with Gasteiger partial charge in [0.1, 0.15) is 5.84 Å². The molecule has 1 aromatic carbocycles. The highest BCUT2D eigenvalue weighted by Gasteiger charge is 2.16. The molecule has 0 spiro atoms. The molecular formula is C28H43N3. The van der Waals surface area contributed by atoms with E-state index in [2.05, 4.69) is 75.9 Å². The minimum Gasteiger partial charge on any atom is -0.360 e. The summed E-state index contributed by atoms with van der Waals surface area (Å²) < 4.78 is 0. The lowest BCUT2D eigenvalue weighted by Gasteiger charge is -2.31. The van der Waals surface area contributed by atoms with Gasteiger partial charge in [0.2, 0.25) is 0 Å². The van der Waals surface area contributed by atoms with Gasteiger partial charge in [-0.05, 0) is 51.7 Å². The number of unbranched alkanes of at least 4 members (excludes halogenated alkanes) is 4. The average molecular weight is 422 g/mol. The summed E-state index contributed by atoms with van der Waals surface area (Å²) in [6.45, 7) is 15.3. The van der Waals surface area contributed by atoms with Crippen molar-refractivity contribution in [2.24, 2.45) is 10.9 Å². The quantitative estimate of drug-likeness (QED) is 0.267. The topological polar surface area (TPSA) is 28.5 Å². The standard InChI is InChI=1S/C21H27N3.C7H16/c1-15-5-7-19(8-6-15)21-10-9-20(17(3)22-21)23-18(4)24-13-11-16(2)12-14-24;1-3-5-7-6-4-2/h5-10,16H,11-14H2,1-4H3;3-7H2,1-2H3. The Labute approximate surface area is 191 Å². The van der Waals surface area contributed by atoms with Gasteiger partial charge < -0.3 is 4.90 Å². The maximum absolute atomic E-state index is 4.84. The number of likely N-dealkylation sites (tertiary alicyclic amines) is 1. The van der Waals surface area contributed by atoms with Crippen LogP contribution in [0.5, 0.6) is 0 Å². The highest BCUT2D eigenvalue weighted by atomic mass is 15.2. The second-order valence-corrected chi connectivity index (χ2v) is 9.06. The molecule has 0 N–H and O–H groups in total. The average Bonchev–Trinajstić information content (AvgIpc) is 2.77. The van der Waals surface area contributed by atoms with Crippen LogP contribution in [0.15, 0.2) is 41.4 Å². The lowest BCUT2D eigenvalue weighted by molar-refractivity contribution is 0.279. The molecule has 1 aliphatic heterocycles. The summed E-state index contributed by atoms with van der Waals surface area (Å²) in [4.78, 5) is 12.0. The van der Waals surface area contributed by atoms with Gasteiger partial charge in [-0.3, -0.25) is 4.98 Å². The fraction of sp³-hybridized carbons (Fsp3) is 0.571. The van der Waals surface area contributed by atoms with Crippen LogP contribution >= 0.6 is 0 Å². The molecule has 2 heterocycles. The molecule has 3 heteroatoms. The first-order valence-electron chi connectivity index (χ1n) is 12.3. The molecule has 0 aliphatic carbocycles. The molecule has 0 saturated carbocycles. The van der Waals surface area contributed by atoms with Gasteiger partial charge in [-0.2, -0.15) is 0 Å². The summed E-state index contributed by atoms with van der Waals surface area (Å²) in [5, 5.41) is 0. The summed E-state index contributed by atoms with van der Waals surface area (Å²) in [5.41, 5.74) is 5.39. The second-order valence-electron chi connectivity index (χ2n) is 9.06. The number of hydrogen-bond acceptors (Lipinski definition) is 2. The van der Waals surface area contributed by atoms with Crippen molar-refractivity contribution in [1.29, 1.82) is 0 Å². The van der Waals surface area contributed by atoms with Crippen molar-refractivity contribution in [1.82, 2.24) is 9.88 Å². The van der Waals surface area contributed by atoms with Gasteiger partial charge in [0.05, 0.1) is 17.1 Å². The molecule has 1 aromatic heterocycles. The number of aliphatic imine (C=N–C) groups is 1. The fourth-order valence-corrected chi connectivity index (χ4v) is 3.81. The Hall–Kier alpha value is -2.16. The van der Waals surface area contributed by atoms with Gasteiger partial charge in [-0.1, -0.05) is 82.7 Å². The van der Waals surface area contributed by atoms with Crippen molar-refractivity contribution < 1.29 is 0 Å². The SMILES string of the molecule is CC(=Nc1ccc(-c2ccc(C)cc2)nc1C)N1CCC(C)CC1.CCCCCCC. The summed E-state index contributed by atoms with van der Waals surface area (Å²) in [7, 11) is 0. The monoisotopic (exact) mass is 421 g/mol. The van der Waals surface area contributed by atoms with Crippen LogP contribution in [-0.4, -0.2) is 28.8 Å². The highest BCUT2D eigenvalue weighted by Crippen LogP contribution is 2.25. The van der Waals surface area contributed by atoms with Crippen LogP contribution in [0, 0.1) is 19.8 Å². The first kappa shape index (κ1) is 25.1. The number of aryl methyl sites for hydroxylation is 2. The largest absolute Gasteiger partial charge is 0.360 e. The third-order valence-corrected chi connectivity index (χ3v) is 6.14. The van der Waals surface area contributed by atoms with Crippen LogP contribution in [0.4, 0.5) is 5.69 Å². The van der Waals surface area contributed by atoms with E-state index in [0.717, 1.165) is 47.5 Å². The Bertz CT molecular complexity index is 796. The smallest absolute Gasteiger partial charge is 0.102 e. The number of benzene rings is 1. The second kappa shape index (κ2) is 13.3. The number of amidine groups is 1. The van der Waals surface area contributed by atoms with Crippen molar-refractivity contribution in [3.05, 3.63) is 47.7 Å². The molecule has 3 rings (SSSR count). The number of nitrogens with zero attached hydrogens (tertiary/aromatic N) is 3. The predicted octanol–water partition coefficient (Wildman–Crippen LogP) is 8.12. The zero-order valence-electron chi connectivity index (χ0n) is 20.7. The molecule has 0 bridgehead atoms. The summed E-state index contributed by atoms with van der Waals surface area (Å²) in [6, 6.07) is 12.7. The lowest BCUT2D eigenvalue weighted by Crippen LogP contribution is -2.36. The van der Waals surface area contributed by atoms with E-state index in [4.69, 9.17) is 9.98 Å². The number of aromatic nitrogens is 1. The van der Waals surface area contributed by atoms with Crippen molar-refractivity contribution in [2.75, 3.05) is 13.1 Å². The maximum Gasteiger partial charge on any atom is 0.102 e. The maximum atomic E-state index is 4.84. The van der Waals surface area contributed by atoms with E-state index in [9.17, 15) is 0 Å². The Morgan fingerprint density at radius 3 is 2.10 bits per heavy atom. The summed E-state index contributed by atoms with van der Waals surface area (Å²) in [6.07, 6.45) is 9.53. The molecule has 1 fully saturated rings. The Morgan fingerprint density at radius 2 is 1.55 bits per heavy atom. The predicted molar refractivity (Wildman–Crippen MR) is 136 cm³/mol. The van der Waals surface area contributed by atoms with Gasteiger partial charge in [-0.25, -0.2) is 4.99 Å². The number of rotatable bonds is 6. The van der Waals surface area contributed by atoms with Crippen molar-refractivity contribution >= 4 is 11.5 Å². The van der Waals surface area contributed by atoms with E-state index in [1.807, 2.05) is 6.92 Å². The zero-order valence-corrected chi connectivity index (χ0v) is 20.7. The minimum atomic E-state index is 0.839. The molecule has 31 heavy (non-hydrogen) atoms. The Balaban J connectivity index is 0.000000423. The van der Waals surface area contributed by atoms with Gasteiger partial charge in [-0.15, -0.1) is 0 Å². The van der Waals surface area contributed by atoms with Crippen LogP contribution in [-0.2, 0) is 0 Å². The molecule has 1 aliphatic rings. The zero-order chi connectivity index (χ0) is 22.6. The van der Waals surface area contributed by atoms with Crippen LogP contribution in [0.25, 0.3) is 11.3 Å². The molecule has 2 aromatic rings. The number of hydrogen-bond donors (Lipinski definition) is 0. The van der Waals surface area contributed by atoms with E-state index in [1.54, 1.807) is 0 Å². The molecular weight excluding hydrogens is 378 g/mol. The van der Waals surface area contributed by atoms with E-state index in [-0.39, 0.29) is 0 Å². The van der Waals surface area contributed by atoms with Crippen LogP contribution in [0.2, 0.25) is 0 Å². The van der Waals surface area contributed by atoms with Crippen molar-refractivity contribution in [3.8, 4) is 11.3 Å². The van der Waals surface area contributed by atoms with E-state index in [1.165, 1.54) is 50.5 Å². The van der Waals surface area contributed by atoms with Gasteiger partial charge in [0.25, 0.3) is 0 Å². The summed E-state index contributed by atoms with van der Waals surface area (Å²) in [5.74, 6) is 1.95. The molecule has 0 radical (unpaired) electrons. The molecule has 0 atom stereocenters. The molecule has 170 valence electrons. The molecule has 0 amide bonds. The third-order valence-electron chi connectivity index (χ3n) is 6.14. The van der Waals surface area contributed by atoms with Crippen molar-refractivity contribution in [3.63, 3.8) is 0 Å². The van der Waals surface area contributed by atoms with Gasteiger partial charge in [0.15, 0.2) is 0 Å². The highest BCUT2D eigenvalue weighted by molar-refractivity contribution is 5.83. The Kier molecular flexibility index (Phi) is 10.8. The van der Waals surface area contributed by atoms with Gasteiger partial charge in [0, 0.05) is 18.7 Å². The van der Waals surface area contributed by atoms with Crippen LogP contribution < -0.4 is 0 Å². The first-order chi connectivity index (χ1) is 14.9. The van der Waals surface area contributed by atoms with E-state index >= 15 is 0 Å². The number of pyridine rings is 1. The normalized spacial score (nSPS) is 14.9. The molecule has 3 nitrogen and oxygen atoms in total. The number of piperidine rings is 1. The summed E-state index contributed by atoms with van der Waals surface area (Å²) >= 11 is 0. The molecule has 1 saturated heterocycles. The van der Waals surface area contributed by atoms with Gasteiger partial charge >= 0.3 is 0 Å². The lowest BCUT2D eigenvalue weighted by atomic mass is 9.99. The Morgan fingerprint density at radius 1 is 0.935 bits per heavy atom. The fourth-order valence-electron chi connectivity index (χ4n) is 3.81. The molecule has 0 unspecified atom stereocenters. The van der Waals surface area contributed by atoms with Crippen molar-refractivity contribution in [2.45, 2.75) is 86.5 Å². The minimum absolute atomic E-state index is 0.839. The van der Waals surface area contributed by atoms with Crippen LogP contribution in [0.3, 0.4) is 0 Å². The first-order valence-corrected chi connectivity index (χ1v) is 12.3.